The molecule has 0 fully saturated rings. The van der Waals surface area contributed by atoms with Crippen LogP contribution in [-0.4, -0.2) is 34.5 Å². The van der Waals surface area contributed by atoms with E-state index in [1.807, 2.05) is 19.9 Å². The van der Waals surface area contributed by atoms with E-state index in [2.05, 4.69) is 11.9 Å². The molecule has 0 aliphatic rings. The first-order valence-corrected chi connectivity index (χ1v) is 9.85. The summed E-state index contributed by atoms with van der Waals surface area (Å²) in [6, 6.07) is 11.7. The van der Waals surface area contributed by atoms with Crippen LogP contribution < -0.4 is 14.4 Å². The zero-order valence-electron chi connectivity index (χ0n) is 15.7. The van der Waals surface area contributed by atoms with Crippen molar-refractivity contribution in [3.63, 3.8) is 0 Å². The molecule has 0 spiro atoms. The van der Waals surface area contributed by atoms with Crippen molar-refractivity contribution in [1.29, 1.82) is 0 Å². The molecule has 1 N–H and O–H groups in total. The number of carbonyl (C=O) groups is 1. The Morgan fingerprint density at radius 2 is 1.78 bits per heavy atom. The number of benzene rings is 2. The van der Waals surface area contributed by atoms with E-state index in [-0.39, 0.29) is 18.0 Å². The zero-order valence-corrected chi connectivity index (χ0v) is 16.5. The number of hydrogen-bond donors (Lipinski definition) is 1. The number of nitrogens with zero attached hydrogens (tertiary/aromatic N) is 1. The number of aryl methyl sites for hydroxylation is 2. The predicted octanol–water partition coefficient (Wildman–Crippen LogP) is 2.81. The lowest BCUT2D eigenvalue weighted by Crippen LogP contribution is -2.41. The summed E-state index contributed by atoms with van der Waals surface area (Å²) in [6.45, 7) is 7.15. The van der Waals surface area contributed by atoms with Crippen molar-refractivity contribution < 1.29 is 17.9 Å². The Kier molecular flexibility index (Phi) is 6.63. The van der Waals surface area contributed by atoms with E-state index in [0.717, 1.165) is 15.4 Å². The van der Waals surface area contributed by atoms with Crippen molar-refractivity contribution in [3.8, 4) is 5.75 Å². The monoisotopic (exact) mass is 388 g/mol. The Bertz CT molecular complexity index is 921. The molecule has 0 heterocycles. The summed E-state index contributed by atoms with van der Waals surface area (Å²) in [6.07, 6.45) is 1.53. The third-order valence-corrected chi connectivity index (χ3v) is 5.72. The van der Waals surface area contributed by atoms with E-state index in [9.17, 15) is 13.2 Å². The zero-order chi connectivity index (χ0) is 20.0. The average molecular weight is 388 g/mol. The summed E-state index contributed by atoms with van der Waals surface area (Å²) in [4.78, 5) is 12.4. The smallest absolute Gasteiger partial charge is 0.264 e. The normalized spacial score (nSPS) is 10.9. The molecule has 7 heteroatoms. The third-order valence-electron chi connectivity index (χ3n) is 3.94. The highest BCUT2D eigenvalue weighted by Crippen LogP contribution is 2.33. The van der Waals surface area contributed by atoms with E-state index < -0.39 is 15.9 Å². The van der Waals surface area contributed by atoms with E-state index in [1.54, 1.807) is 24.3 Å². The van der Waals surface area contributed by atoms with E-state index in [0.29, 0.717) is 11.4 Å². The maximum absolute atomic E-state index is 13.3. The Hall–Kier alpha value is -2.80. The number of rotatable bonds is 8. The molecule has 0 aliphatic carbocycles. The molecule has 1 amide bonds. The Morgan fingerprint density at radius 3 is 2.37 bits per heavy atom. The van der Waals surface area contributed by atoms with E-state index in [1.165, 1.54) is 25.3 Å². The lowest BCUT2D eigenvalue weighted by atomic mass is 10.2. The number of ether oxygens (including phenoxy) is 1. The molecule has 2 aromatic carbocycles. The molecular formula is C20H24N2O4S. The fourth-order valence-electron chi connectivity index (χ4n) is 2.50. The van der Waals surface area contributed by atoms with E-state index in [4.69, 9.17) is 4.74 Å². The van der Waals surface area contributed by atoms with Gasteiger partial charge in [0, 0.05) is 6.54 Å². The number of nitrogens with one attached hydrogen (secondary N) is 1. The molecule has 0 saturated heterocycles. The first kappa shape index (κ1) is 20.5. The lowest BCUT2D eigenvalue weighted by Gasteiger charge is -2.26. The maximum atomic E-state index is 13.3. The summed E-state index contributed by atoms with van der Waals surface area (Å²) >= 11 is 0. The Balaban J connectivity index is 2.56. The third kappa shape index (κ3) is 4.89. The summed E-state index contributed by atoms with van der Waals surface area (Å²) < 4.78 is 33.0. The van der Waals surface area contributed by atoms with Gasteiger partial charge in [-0.15, -0.1) is 6.58 Å². The average Bonchev–Trinajstić information content (AvgIpc) is 2.64. The van der Waals surface area contributed by atoms with Crippen LogP contribution in [0, 0.1) is 13.8 Å². The van der Waals surface area contributed by atoms with Gasteiger partial charge in [0.1, 0.15) is 12.3 Å². The van der Waals surface area contributed by atoms with Crippen LogP contribution in [0.15, 0.2) is 60.0 Å². The number of carbonyl (C=O) groups excluding carboxylic acids is 1. The Labute approximate surface area is 160 Å². The fraction of sp³-hybridized carbons (Fsp3) is 0.250. The van der Waals surface area contributed by atoms with Crippen molar-refractivity contribution in [2.75, 3.05) is 24.5 Å². The highest BCUT2D eigenvalue weighted by atomic mass is 32.2. The van der Waals surface area contributed by atoms with Crippen LogP contribution in [0.3, 0.4) is 0 Å². The van der Waals surface area contributed by atoms with Crippen molar-refractivity contribution in [1.82, 2.24) is 5.32 Å². The molecular weight excluding hydrogens is 364 g/mol. The molecule has 144 valence electrons. The van der Waals surface area contributed by atoms with Gasteiger partial charge in [0.2, 0.25) is 5.91 Å². The van der Waals surface area contributed by atoms with Crippen molar-refractivity contribution in [2.45, 2.75) is 18.7 Å². The van der Waals surface area contributed by atoms with Gasteiger partial charge >= 0.3 is 0 Å². The van der Waals surface area contributed by atoms with Crippen molar-refractivity contribution in [2.24, 2.45) is 0 Å². The summed E-state index contributed by atoms with van der Waals surface area (Å²) in [5.74, 6) is -0.0676. The lowest BCUT2D eigenvalue weighted by molar-refractivity contribution is -0.119. The van der Waals surface area contributed by atoms with Crippen LogP contribution in [0.25, 0.3) is 0 Å². The van der Waals surface area contributed by atoms with Gasteiger partial charge in [-0.25, -0.2) is 8.42 Å². The van der Waals surface area contributed by atoms with Crippen LogP contribution in [0.5, 0.6) is 5.75 Å². The van der Waals surface area contributed by atoms with Gasteiger partial charge in [0.25, 0.3) is 10.0 Å². The minimum Gasteiger partial charge on any atom is -0.495 e. The SMILES string of the molecule is C=CCNC(=O)CN(c1cc(C)ccc1OC)S(=O)(=O)c1ccc(C)cc1. The quantitative estimate of drug-likeness (QED) is 0.706. The molecule has 0 saturated carbocycles. The minimum absolute atomic E-state index is 0.105. The first-order valence-electron chi connectivity index (χ1n) is 8.41. The van der Waals surface area contributed by atoms with Crippen LogP contribution in [0.1, 0.15) is 11.1 Å². The predicted molar refractivity (Wildman–Crippen MR) is 107 cm³/mol. The largest absolute Gasteiger partial charge is 0.495 e. The molecule has 6 nitrogen and oxygen atoms in total. The van der Waals surface area contributed by atoms with Crippen LogP contribution in [0.2, 0.25) is 0 Å². The van der Waals surface area contributed by atoms with Crippen molar-refractivity contribution in [3.05, 3.63) is 66.2 Å². The summed E-state index contributed by atoms with van der Waals surface area (Å²) in [5, 5.41) is 2.61. The van der Waals surface area contributed by atoms with Gasteiger partial charge in [0.15, 0.2) is 0 Å². The van der Waals surface area contributed by atoms with Gasteiger partial charge < -0.3 is 10.1 Å². The van der Waals surface area contributed by atoms with Crippen LogP contribution in [0.4, 0.5) is 5.69 Å². The molecule has 0 atom stereocenters. The summed E-state index contributed by atoms with van der Waals surface area (Å²) in [5.41, 5.74) is 2.10. The molecule has 2 rings (SSSR count). The first-order chi connectivity index (χ1) is 12.8. The molecule has 2 aromatic rings. The minimum atomic E-state index is -3.97. The second kappa shape index (κ2) is 8.73. The van der Waals surface area contributed by atoms with Crippen molar-refractivity contribution >= 4 is 21.6 Å². The molecule has 0 radical (unpaired) electrons. The fourth-order valence-corrected chi connectivity index (χ4v) is 3.93. The van der Waals surface area contributed by atoms with Gasteiger partial charge in [-0.3, -0.25) is 9.10 Å². The molecule has 0 bridgehead atoms. The van der Waals surface area contributed by atoms with Gasteiger partial charge in [-0.05, 0) is 43.7 Å². The van der Waals surface area contributed by atoms with Gasteiger partial charge in [-0.2, -0.15) is 0 Å². The number of methoxy groups -OCH3 is 1. The van der Waals surface area contributed by atoms with Gasteiger partial charge in [-0.1, -0.05) is 29.8 Å². The van der Waals surface area contributed by atoms with Crippen LogP contribution >= 0.6 is 0 Å². The highest BCUT2D eigenvalue weighted by molar-refractivity contribution is 7.92. The number of amides is 1. The highest BCUT2D eigenvalue weighted by Gasteiger charge is 2.29. The Morgan fingerprint density at radius 1 is 1.15 bits per heavy atom. The molecule has 0 aromatic heterocycles. The number of hydrogen-bond acceptors (Lipinski definition) is 4. The second-order valence-electron chi connectivity index (χ2n) is 6.09. The van der Waals surface area contributed by atoms with E-state index >= 15 is 0 Å². The van der Waals surface area contributed by atoms with Gasteiger partial charge in [0.05, 0.1) is 17.7 Å². The molecule has 27 heavy (non-hydrogen) atoms. The number of sulfonamides is 1. The number of anilines is 1. The molecule has 0 aliphatic heterocycles. The molecule has 0 unspecified atom stereocenters. The maximum Gasteiger partial charge on any atom is 0.264 e. The second-order valence-corrected chi connectivity index (χ2v) is 7.96. The standard InChI is InChI=1S/C20H24N2O4S/c1-5-12-21-20(23)14-22(18-13-16(3)8-11-19(18)26-4)27(24,25)17-9-6-15(2)7-10-17/h5-11,13H,1,12,14H2,2-4H3,(H,21,23). The van der Waals surface area contributed by atoms with Crippen LogP contribution in [-0.2, 0) is 14.8 Å². The topological polar surface area (TPSA) is 75.7 Å². The summed E-state index contributed by atoms with van der Waals surface area (Å²) in [7, 11) is -2.51.